The van der Waals surface area contributed by atoms with Crippen molar-refractivity contribution >= 4 is 11.8 Å². The molecule has 1 atom stereocenters. The van der Waals surface area contributed by atoms with E-state index < -0.39 is 0 Å². The molecule has 0 radical (unpaired) electrons. The first-order chi connectivity index (χ1) is 7.86. The lowest BCUT2D eigenvalue weighted by Gasteiger charge is -2.17. The quantitative estimate of drug-likeness (QED) is 0.370. The van der Waals surface area contributed by atoms with E-state index in [1.807, 2.05) is 0 Å². The second kappa shape index (κ2) is 9.32. The summed E-state index contributed by atoms with van der Waals surface area (Å²) >= 11 is 2.14. The number of hydrazine groups is 1. The van der Waals surface area contributed by atoms with E-state index in [-0.39, 0.29) is 0 Å². The number of rotatable bonds is 9. The molecule has 0 saturated heterocycles. The molecule has 1 aliphatic rings. The number of nitrogens with one attached hydrogen (secondary N) is 1. The third-order valence-electron chi connectivity index (χ3n) is 3.48. The van der Waals surface area contributed by atoms with Crippen molar-refractivity contribution in [2.24, 2.45) is 5.84 Å². The largest absolute Gasteiger partial charge is 0.271 e. The molecule has 3 heteroatoms. The van der Waals surface area contributed by atoms with Crippen LogP contribution in [-0.4, -0.2) is 17.0 Å². The third kappa shape index (κ3) is 6.12. The molecular formula is C13H28N2S. The van der Waals surface area contributed by atoms with Crippen LogP contribution in [0.15, 0.2) is 0 Å². The molecule has 1 rings (SSSR count). The van der Waals surface area contributed by atoms with E-state index in [0.717, 1.165) is 5.25 Å². The van der Waals surface area contributed by atoms with Gasteiger partial charge in [-0.15, -0.1) is 0 Å². The molecule has 0 heterocycles. The SMILES string of the molecule is CCCCCCC(CSC1CCCC1)NN. The van der Waals surface area contributed by atoms with Gasteiger partial charge in [0, 0.05) is 17.0 Å². The molecule has 0 aliphatic heterocycles. The second-order valence-electron chi connectivity index (χ2n) is 4.95. The van der Waals surface area contributed by atoms with Crippen LogP contribution in [-0.2, 0) is 0 Å². The summed E-state index contributed by atoms with van der Waals surface area (Å²) in [6, 6.07) is 0.530. The molecule has 1 fully saturated rings. The van der Waals surface area contributed by atoms with Crippen LogP contribution in [0.5, 0.6) is 0 Å². The summed E-state index contributed by atoms with van der Waals surface area (Å²) < 4.78 is 0. The van der Waals surface area contributed by atoms with Crippen molar-refractivity contribution in [1.82, 2.24) is 5.43 Å². The highest BCUT2D eigenvalue weighted by atomic mass is 32.2. The van der Waals surface area contributed by atoms with Gasteiger partial charge in [0.05, 0.1) is 0 Å². The maximum atomic E-state index is 5.61. The van der Waals surface area contributed by atoms with Crippen LogP contribution < -0.4 is 11.3 Å². The van der Waals surface area contributed by atoms with Gasteiger partial charge < -0.3 is 0 Å². The standard InChI is InChI=1S/C13H28N2S/c1-2-3-4-5-8-12(15-14)11-16-13-9-6-7-10-13/h12-13,15H,2-11,14H2,1H3. The van der Waals surface area contributed by atoms with Gasteiger partial charge in [0.1, 0.15) is 0 Å². The van der Waals surface area contributed by atoms with Crippen LogP contribution >= 0.6 is 11.8 Å². The number of nitrogens with two attached hydrogens (primary N) is 1. The lowest BCUT2D eigenvalue weighted by Crippen LogP contribution is -2.37. The van der Waals surface area contributed by atoms with Crippen LogP contribution in [0.3, 0.4) is 0 Å². The van der Waals surface area contributed by atoms with E-state index >= 15 is 0 Å². The number of thioether (sulfide) groups is 1. The van der Waals surface area contributed by atoms with Crippen molar-refractivity contribution in [1.29, 1.82) is 0 Å². The van der Waals surface area contributed by atoms with Gasteiger partial charge >= 0.3 is 0 Å². The summed E-state index contributed by atoms with van der Waals surface area (Å²) in [6.45, 7) is 2.26. The minimum Gasteiger partial charge on any atom is -0.271 e. The van der Waals surface area contributed by atoms with Crippen molar-refractivity contribution in [3.8, 4) is 0 Å². The normalized spacial score (nSPS) is 19.1. The zero-order valence-electron chi connectivity index (χ0n) is 10.7. The predicted octanol–water partition coefficient (Wildman–Crippen LogP) is 3.46. The molecule has 1 aliphatic carbocycles. The molecule has 0 aromatic heterocycles. The first kappa shape index (κ1) is 14.3. The Morgan fingerprint density at radius 3 is 2.62 bits per heavy atom. The van der Waals surface area contributed by atoms with Crippen LogP contribution in [0.25, 0.3) is 0 Å². The Labute approximate surface area is 105 Å². The van der Waals surface area contributed by atoms with Crippen molar-refractivity contribution in [3.05, 3.63) is 0 Å². The molecule has 1 saturated carbocycles. The lowest BCUT2D eigenvalue weighted by atomic mass is 10.1. The second-order valence-corrected chi connectivity index (χ2v) is 6.29. The van der Waals surface area contributed by atoms with E-state index in [1.54, 1.807) is 0 Å². The minimum atomic E-state index is 0.530. The monoisotopic (exact) mass is 244 g/mol. The molecule has 0 amide bonds. The summed E-state index contributed by atoms with van der Waals surface area (Å²) in [6.07, 6.45) is 12.4. The highest BCUT2D eigenvalue weighted by Crippen LogP contribution is 2.30. The number of hydrogen-bond acceptors (Lipinski definition) is 3. The average Bonchev–Trinajstić information content (AvgIpc) is 2.81. The van der Waals surface area contributed by atoms with E-state index in [0.29, 0.717) is 6.04 Å². The Kier molecular flexibility index (Phi) is 8.34. The average molecular weight is 244 g/mol. The van der Waals surface area contributed by atoms with Gasteiger partial charge in [0.15, 0.2) is 0 Å². The van der Waals surface area contributed by atoms with Gasteiger partial charge in [-0.25, -0.2) is 0 Å². The molecule has 0 aromatic rings. The Balaban J connectivity index is 2.01. The highest BCUT2D eigenvalue weighted by Gasteiger charge is 2.17. The Morgan fingerprint density at radius 1 is 1.25 bits per heavy atom. The first-order valence-electron chi connectivity index (χ1n) is 6.94. The van der Waals surface area contributed by atoms with E-state index in [2.05, 4.69) is 24.1 Å². The van der Waals surface area contributed by atoms with E-state index in [9.17, 15) is 0 Å². The molecule has 0 bridgehead atoms. The summed E-state index contributed by atoms with van der Waals surface area (Å²) in [4.78, 5) is 0. The molecule has 16 heavy (non-hydrogen) atoms. The maximum absolute atomic E-state index is 5.61. The molecule has 2 nitrogen and oxygen atoms in total. The molecule has 1 unspecified atom stereocenters. The number of unbranched alkanes of at least 4 members (excludes halogenated alkanes) is 3. The van der Waals surface area contributed by atoms with Crippen molar-refractivity contribution in [2.75, 3.05) is 5.75 Å². The summed E-state index contributed by atoms with van der Waals surface area (Å²) in [7, 11) is 0. The Bertz CT molecular complexity index is 158. The van der Waals surface area contributed by atoms with Crippen LogP contribution in [0.2, 0.25) is 0 Å². The van der Waals surface area contributed by atoms with Crippen molar-refractivity contribution in [3.63, 3.8) is 0 Å². The van der Waals surface area contributed by atoms with Crippen LogP contribution in [0.1, 0.15) is 64.7 Å². The minimum absolute atomic E-state index is 0.530. The molecule has 3 N–H and O–H groups in total. The van der Waals surface area contributed by atoms with E-state index in [4.69, 9.17) is 5.84 Å². The van der Waals surface area contributed by atoms with Gasteiger partial charge in [0.2, 0.25) is 0 Å². The molecular weight excluding hydrogens is 216 g/mol. The van der Waals surface area contributed by atoms with Crippen molar-refractivity contribution in [2.45, 2.75) is 76.0 Å². The van der Waals surface area contributed by atoms with Crippen LogP contribution in [0.4, 0.5) is 0 Å². The number of hydrogen-bond donors (Lipinski definition) is 2. The van der Waals surface area contributed by atoms with Gasteiger partial charge in [-0.3, -0.25) is 11.3 Å². The van der Waals surface area contributed by atoms with Gasteiger partial charge in [-0.2, -0.15) is 11.8 Å². The zero-order valence-corrected chi connectivity index (χ0v) is 11.5. The van der Waals surface area contributed by atoms with Gasteiger partial charge in [0.25, 0.3) is 0 Å². The zero-order chi connectivity index (χ0) is 11.6. The van der Waals surface area contributed by atoms with E-state index in [1.165, 1.54) is 63.5 Å². The summed E-state index contributed by atoms with van der Waals surface area (Å²) in [5, 5.41) is 0.923. The topological polar surface area (TPSA) is 38.0 Å². The van der Waals surface area contributed by atoms with Crippen LogP contribution in [0, 0.1) is 0 Å². The maximum Gasteiger partial charge on any atom is 0.0301 e. The molecule has 0 aromatic carbocycles. The first-order valence-corrected chi connectivity index (χ1v) is 7.99. The lowest BCUT2D eigenvalue weighted by molar-refractivity contribution is 0.500. The molecule has 0 spiro atoms. The smallest absolute Gasteiger partial charge is 0.0301 e. The predicted molar refractivity (Wildman–Crippen MR) is 74.6 cm³/mol. The highest BCUT2D eigenvalue weighted by molar-refractivity contribution is 7.99. The fourth-order valence-electron chi connectivity index (χ4n) is 2.34. The van der Waals surface area contributed by atoms with Gasteiger partial charge in [-0.05, 0) is 19.3 Å². The fourth-order valence-corrected chi connectivity index (χ4v) is 3.77. The summed E-state index contributed by atoms with van der Waals surface area (Å²) in [5.41, 5.74) is 2.98. The Morgan fingerprint density at radius 2 is 2.00 bits per heavy atom. The molecule has 96 valence electrons. The van der Waals surface area contributed by atoms with Gasteiger partial charge in [-0.1, -0.05) is 45.4 Å². The summed E-state index contributed by atoms with van der Waals surface area (Å²) in [5.74, 6) is 6.81. The van der Waals surface area contributed by atoms with Crippen molar-refractivity contribution < 1.29 is 0 Å². The Hall–Kier alpha value is 0.270. The fraction of sp³-hybridized carbons (Fsp3) is 1.00. The third-order valence-corrected chi connectivity index (χ3v) is 5.01.